The minimum absolute atomic E-state index is 0.0549. The Kier molecular flexibility index (Phi) is 6.12. The van der Waals surface area contributed by atoms with E-state index in [4.69, 9.17) is 4.74 Å². The second kappa shape index (κ2) is 9.71. The quantitative estimate of drug-likeness (QED) is 0.299. The van der Waals surface area contributed by atoms with E-state index in [-0.39, 0.29) is 17.6 Å². The second-order valence-electron chi connectivity index (χ2n) is 8.55. The molecule has 1 unspecified atom stereocenters. The molecule has 182 valence electrons. The van der Waals surface area contributed by atoms with E-state index in [1.54, 1.807) is 23.1 Å². The molecule has 0 amide bonds. The van der Waals surface area contributed by atoms with Crippen LogP contribution in [-0.2, 0) is 11.3 Å². The monoisotopic (exact) mass is 504 g/mol. The Hall–Kier alpha value is -3.76. The van der Waals surface area contributed by atoms with E-state index in [9.17, 15) is 8.78 Å². The van der Waals surface area contributed by atoms with Crippen LogP contribution < -0.4 is 5.32 Å². The highest BCUT2D eigenvalue weighted by Gasteiger charge is 2.23. The lowest BCUT2D eigenvalue weighted by molar-refractivity contribution is 0.112. The maximum absolute atomic E-state index is 14.8. The molecule has 1 N–H and O–H groups in total. The molecule has 1 aliphatic heterocycles. The zero-order valence-electron chi connectivity index (χ0n) is 19.2. The van der Waals surface area contributed by atoms with Crippen LogP contribution in [0.5, 0.6) is 0 Å². The van der Waals surface area contributed by atoms with Gasteiger partial charge < -0.3 is 10.1 Å². The van der Waals surface area contributed by atoms with Gasteiger partial charge in [0.1, 0.15) is 11.5 Å². The SMILES string of the molecule is Fc1ccc(C2CCCO2)c(-c2cccc3cc(-c4nc(NCCn5ccnn5)ncc4F)sc23)c1. The van der Waals surface area contributed by atoms with Crippen LogP contribution in [0, 0.1) is 11.6 Å². The highest BCUT2D eigenvalue weighted by Crippen LogP contribution is 2.43. The number of anilines is 1. The maximum Gasteiger partial charge on any atom is 0.223 e. The standard InChI is InChI=1S/C26H22F2N6OS/c27-17-6-7-18(22-5-2-12-35-22)20(14-17)19-4-1-3-16-13-23(36-25(16)19)24-21(28)15-30-26(32-24)29-8-10-34-11-9-31-33-34/h1,3-4,6-7,9,11,13-15,22H,2,5,8,10,12H2,(H,29,30,32). The first-order valence-corrected chi connectivity index (χ1v) is 12.5. The lowest BCUT2D eigenvalue weighted by Gasteiger charge is -2.16. The van der Waals surface area contributed by atoms with Gasteiger partial charge in [-0.2, -0.15) is 0 Å². The highest BCUT2D eigenvalue weighted by molar-refractivity contribution is 7.22. The van der Waals surface area contributed by atoms with Crippen molar-refractivity contribution in [1.29, 1.82) is 0 Å². The summed E-state index contributed by atoms with van der Waals surface area (Å²) >= 11 is 1.43. The Labute approximate surface area is 209 Å². The van der Waals surface area contributed by atoms with E-state index in [1.165, 1.54) is 23.6 Å². The second-order valence-corrected chi connectivity index (χ2v) is 9.60. The molecule has 0 saturated carbocycles. The van der Waals surface area contributed by atoms with Crippen molar-refractivity contribution in [3.63, 3.8) is 0 Å². The molecule has 1 saturated heterocycles. The van der Waals surface area contributed by atoms with Gasteiger partial charge in [-0.25, -0.2) is 18.7 Å². The number of nitrogens with one attached hydrogen (secondary N) is 1. The van der Waals surface area contributed by atoms with Gasteiger partial charge >= 0.3 is 0 Å². The molecule has 0 spiro atoms. The van der Waals surface area contributed by atoms with Crippen LogP contribution in [0.4, 0.5) is 14.7 Å². The zero-order chi connectivity index (χ0) is 24.5. The lowest BCUT2D eigenvalue weighted by Crippen LogP contribution is -2.13. The predicted octanol–water partition coefficient (Wildman–Crippen LogP) is 5.86. The van der Waals surface area contributed by atoms with Crippen molar-refractivity contribution in [2.75, 3.05) is 18.5 Å². The van der Waals surface area contributed by atoms with Gasteiger partial charge in [-0.1, -0.05) is 29.5 Å². The summed E-state index contributed by atoms with van der Waals surface area (Å²) in [6.07, 6.45) is 6.38. The molecule has 0 radical (unpaired) electrons. The van der Waals surface area contributed by atoms with Gasteiger partial charge in [0.25, 0.3) is 0 Å². The van der Waals surface area contributed by atoms with Crippen molar-refractivity contribution in [2.45, 2.75) is 25.5 Å². The Morgan fingerprint density at radius 2 is 2.08 bits per heavy atom. The van der Waals surface area contributed by atoms with Gasteiger partial charge in [-0.3, -0.25) is 4.68 Å². The average Bonchev–Trinajstić information content (AvgIpc) is 3.66. The van der Waals surface area contributed by atoms with Crippen LogP contribution in [-0.4, -0.2) is 38.1 Å². The molecule has 0 aliphatic carbocycles. The summed E-state index contributed by atoms with van der Waals surface area (Å²) in [6, 6.07) is 12.7. The van der Waals surface area contributed by atoms with Gasteiger partial charge in [-0.05, 0) is 53.1 Å². The molecule has 6 rings (SSSR count). The van der Waals surface area contributed by atoms with Crippen molar-refractivity contribution < 1.29 is 13.5 Å². The van der Waals surface area contributed by atoms with Crippen LogP contribution in [0.25, 0.3) is 31.8 Å². The van der Waals surface area contributed by atoms with Gasteiger partial charge in [0.2, 0.25) is 5.95 Å². The van der Waals surface area contributed by atoms with Crippen molar-refractivity contribution in [1.82, 2.24) is 25.0 Å². The van der Waals surface area contributed by atoms with Crippen molar-refractivity contribution in [3.05, 3.63) is 78.3 Å². The van der Waals surface area contributed by atoms with Crippen LogP contribution in [0.3, 0.4) is 0 Å². The van der Waals surface area contributed by atoms with E-state index >= 15 is 0 Å². The maximum atomic E-state index is 14.8. The van der Waals surface area contributed by atoms with Gasteiger partial charge in [-0.15, -0.1) is 16.4 Å². The van der Waals surface area contributed by atoms with Gasteiger partial charge in [0.05, 0.1) is 29.9 Å². The molecule has 10 heteroatoms. The number of aromatic nitrogens is 5. The Bertz CT molecular complexity index is 1510. The molecule has 36 heavy (non-hydrogen) atoms. The number of hydrogen-bond donors (Lipinski definition) is 1. The lowest BCUT2D eigenvalue weighted by atomic mass is 9.94. The van der Waals surface area contributed by atoms with Crippen molar-refractivity contribution in [3.8, 4) is 21.7 Å². The number of benzene rings is 2. The predicted molar refractivity (Wildman–Crippen MR) is 135 cm³/mol. The number of nitrogens with zero attached hydrogens (tertiary/aromatic N) is 5. The Balaban J connectivity index is 1.35. The minimum Gasteiger partial charge on any atom is -0.374 e. The van der Waals surface area contributed by atoms with Crippen LogP contribution >= 0.6 is 11.3 Å². The topological polar surface area (TPSA) is 77.8 Å². The summed E-state index contributed by atoms with van der Waals surface area (Å²) < 4.78 is 37.7. The summed E-state index contributed by atoms with van der Waals surface area (Å²) in [5, 5.41) is 11.7. The third kappa shape index (κ3) is 4.45. The summed E-state index contributed by atoms with van der Waals surface area (Å²) in [6.45, 7) is 1.79. The number of hydrogen-bond acceptors (Lipinski definition) is 7. The highest BCUT2D eigenvalue weighted by atomic mass is 32.1. The smallest absolute Gasteiger partial charge is 0.223 e. The van der Waals surface area contributed by atoms with E-state index in [0.29, 0.717) is 30.5 Å². The van der Waals surface area contributed by atoms with Crippen LogP contribution in [0.15, 0.2) is 61.1 Å². The van der Waals surface area contributed by atoms with E-state index in [1.807, 2.05) is 30.3 Å². The van der Waals surface area contributed by atoms with Crippen molar-refractivity contribution in [2.24, 2.45) is 0 Å². The van der Waals surface area contributed by atoms with E-state index in [2.05, 4.69) is 25.6 Å². The average molecular weight is 505 g/mol. The number of rotatable bonds is 7. The molecule has 7 nitrogen and oxygen atoms in total. The third-order valence-corrected chi connectivity index (χ3v) is 7.39. The first-order valence-electron chi connectivity index (χ1n) is 11.7. The molecule has 2 aromatic carbocycles. The van der Waals surface area contributed by atoms with Crippen LogP contribution in [0.2, 0.25) is 0 Å². The largest absolute Gasteiger partial charge is 0.374 e. The number of halogens is 2. The molecule has 4 heterocycles. The number of thiophene rings is 1. The molecular formula is C26H22F2N6OS. The molecule has 1 fully saturated rings. The Morgan fingerprint density at radius 3 is 2.92 bits per heavy atom. The molecule has 1 aliphatic rings. The Morgan fingerprint density at radius 1 is 1.14 bits per heavy atom. The minimum atomic E-state index is -0.504. The summed E-state index contributed by atoms with van der Waals surface area (Å²) in [7, 11) is 0. The van der Waals surface area contributed by atoms with Gasteiger partial charge in [0.15, 0.2) is 5.82 Å². The van der Waals surface area contributed by atoms with Gasteiger partial charge in [0, 0.05) is 24.0 Å². The first kappa shape index (κ1) is 22.7. The summed E-state index contributed by atoms with van der Waals surface area (Å²) in [5.41, 5.74) is 2.90. The molecular weight excluding hydrogens is 482 g/mol. The summed E-state index contributed by atoms with van der Waals surface area (Å²) in [4.78, 5) is 9.19. The van der Waals surface area contributed by atoms with Crippen molar-refractivity contribution >= 4 is 27.4 Å². The van der Waals surface area contributed by atoms with Crippen LogP contribution in [0.1, 0.15) is 24.5 Å². The first-order chi connectivity index (χ1) is 17.7. The fraction of sp³-hybridized carbons (Fsp3) is 0.231. The normalized spacial score (nSPS) is 15.6. The third-order valence-electron chi connectivity index (χ3n) is 6.20. The molecule has 5 aromatic rings. The molecule has 3 aromatic heterocycles. The van der Waals surface area contributed by atoms with E-state index in [0.717, 1.165) is 39.6 Å². The molecule has 0 bridgehead atoms. The summed E-state index contributed by atoms with van der Waals surface area (Å²) in [5.74, 6) is -0.477. The molecule has 1 atom stereocenters. The van der Waals surface area contributed by atoms with E-state index < -0.39 is 5.82 Å². The fourth-order valence-electron chi connectivity index (χ4n) is 4.52. The fourth-order valence-corrected chi connectivity index (χ4v) is 5.70. The number of ether oxygens (including phenoxy) is 1. The number of fused-ring (bicyclic) bond motifs is 1. The zero-order valence-corrected chi connectivity index (χ0v) is 20.0.